The molecule has 0 spiro atoms. The van der Waals surface area contributed by atoms with E-state index in [0.29, 0.717) is 39.1 Å². The van der Waals surface area contributed by atoms with E-state index in [1.807, 2.05) is 50.2 Å². The van der Waals surface area contributed by atoms with Crippen molar-refractivity contribution in [3.05, 3.63) is 95.8 Å². The smallest absolute Gasteiger partial charge is 0.255 e. The number of anilines is 1. The number of H-pyrrole nitrogens is 1. The van der Waals surface area contributed by atoms with Gasteiger partial charge in [-0.2, -0.15) is 0 Å². The molecule has 0 saturated heterocycles. The lowest BCUT2D eigenvalue weighted by molar-refractivity contribution is 0.0964. The van der Waals surface area contributed by atoms with E-state index in [2.05, 4.69) is 16.4 Å². The summed E-state index contributed by atoms with van der Waals surface area (Å²) in [7, 11) is -0.701. The van der Waals surface area contributed by atoms with Crippen LogP contribution in [0.4, 0.5) is 10.1 Å². The predicted molar refractivity (Wildman–Crippen MR) is 175 cm³/mol. The number of rotatable bonds is 5. The van der Waals surface area contributed by atoms with Crippen LogP contribution in [-0.4, -0.2) is 39.7 Å². The Balaban J connectivity index is 1.51. The van der Waals surface area contributed by atoms with Crippen LogP contribution >= 0.6 is 0 Å². The Kier molecular flexibility index (Phi) is 6.35. The van der Waals surface area contributed by atoms with Crippen LogP contribution in [0.2, 0.25) is 0 Å². The Labute approximate surface area is 259 Å². The molecule has 0 fully saturated rings. The monoisotopic (exact) mass is 623 g/mol. The molecule has 0 aliphatic carbocycles. The third kappa shape index (κ3) is 4.55. The molecule has 3 heterocycles. The van der Waals surface area contributed by atoms with Crippen molar-refractivity contribution in [3.8, 4) is 39.5 Å². The van der Waals surface area contributed by atoms with Gasteiger partial charge in [0.15, 0.2) is 0 Å². The van der Waals surface area contributed by atoms with E-state index in [0.717, 1.165) is 34.0 Å². The minimum absolute atomic E-state index is 0.248. The number of aromatic nitrogens is 1. The average molecular weight is 624 g/mol. The second kappa shape index (κ2) is 9.97. The van der Waals surface area contributed by atoms with E-state index in [1.54, 1.807) is 12.1 Å². The topological polar surface area (TPSA) is 105 Å². The number of hydrogen-bond donors (Lipinski definition) is 2. The summed E-state index contributed by atoms with van der Waals surface area (Å²) in [5.74, 6) is 0.119. The van der Waals surface area contributed by atoms with E-state index in [-0.39, 0.29) is 11.3 Å². The molecule has 0 unspecified atom stereocenters. The second-order valence-corrected chi connectivity index (χ2v) is 13.7. The lowest BCUT2D eigenvalue weighted by atomic mass is 9.87. The summed E-state index contributed by atoms with van der Waals surface area (Å²) in [6.07, 6.45) is 1.13. The first-order valence-corrected chi connectivity index (χ1v) is 16.2. The van der Waals surface area contributed by atoms with Gasteiger partial charge in [-0.25, -0.2) is 12.8 Å². The molecule has 2 aromatic heterocycles. The Morgan fingerprint density at radius 1 is 0.933 bits per heavy atom. The van der Waals surface area contributed by atoms with Gasteiger partial charge in [0, 0.05) is 58.7 Å². The summed E-state index contributed by atoms with van der Waals surface area (Å²) in [6.45, 7) is 4.07. The van der Waals surface area contributed by atoms with Crippen LogP contribution in [0.15, 0.2) is 83.3 Å². The zero-order valence-corrected chi connectivity index (χ0v) is 26.1. The van der Waals surface area contributed by atoms with Gasteiger partial charge in [0.2, 0.25) is 10.0 Å². The number of sulfonamides is 1. The average Bonchev–Trinajstić information content (AvgIpc) is 3.59. The molecule has 0 saturated carbocycles. The molecule has 0 atom stereocenters. The summed E-state index contributed by atoms with van der Waals surface area (Å²) >= 11 is 0. The van der Waals surface area contributed by atoms with Crippen LogP contribution in [0.25, 0.3) is 55.6 Å². The van der Waals surface area contributed by atoms with Gasteiger partial charge in [0.05, 0.1) is 23.2 Å². The first-order valence-electron chi connectivity index (χ1n) is 14.3. The molecule has 45 heavy (non-hydrogen) atoms. The number of ether oxygens (including phenoxy) is 1. The zero-order valence-electron chi connectivity index (χ0n) is 25.3. The summed E-state index contributed by atoms with van der Waals surface area (Å²) in [4.78, 5) is 16.9. The van der Waals surface area contributed by atoms with Crippen LogP contribution in [0.5, 0.6) is 5.75 Å². The normalized spacial score (nSPS) is 13.7. The Bertz CT molecular complexity index is 2280. The molecule has 1 aliphatic heterocycles. The van der Waals surface area contributed by atoms with Gasteiger partial charge >= 0.3 is 0 Å². The molecule has 228 valence electrons. The minimum atomic E-state index is -3.70. The maximum Gasteiger partial charge on any atom is 0.255 e. The molecule has 7 rings (SSSR count). The molecule has 10 heteroatoms. The van der Waals surface area contributed by atoms with Gasteiger partial charge in [-0.05, 0) is 67.9 Å². The number of hydrogen-bond acceptors (Lipinski definition) is 5. The number of fused-ring (bicyclic) bond motifs is 6. The van der Waals surface area contributed by atoms with Gasteiger partial charge in [-0.1, -0.05) is 24.3 Å². The van der Waals surface area contributed by atoms with E-state index in [9.17, 15) is 17.6 Å². The summed E-state index contributed by atoms with van der Waals surface area (Å²) in [5.41, 5.74) is 5.89. The van der Waals surface area contributed by atoms with Gasteiger partial charge in [0.1, 0.15) is 28.5 Å². The number of carbonyl (C=O) groups is 1. The number of para-hydroxylation sites is 1. The fourth-order valence-electron chi connectivity index (χ4n) is 6.23. The van der Waals surface area contributed by atoms with E-state index >= 15 is 0 Å². The SMILES string of the molecule is CNC(=O)c1c(-c2ccc(F)cc2)oc2cc(N(C)S(C)(=O)=O)c(-c3ccc4c(c3)-c3[nH]c5ccccc5c3C(C)(C)O4)cc12. The molecule has 8 nitrogen and oxygen atoms in total. The summed E-state index contributed by atoms with van der Waals surface area (Å²) in [6, 6.07) is 22.8. The maximum absolute atomic E-state index is 13.8. The predicted octanol–water partition coefficient (Wildman–Crippen LogP) is 7.44. The van der Waals surface area contributed by atoms with E-state index in [1.165, 1.54) is 42.7 Å². The Morgan fingerprint density at radius 3 is 2.36 bits per heavy atom. The van der Waals surface area contributed by atoms with Crippen molar-refractivity contribution in [2.45, 2.75) is 19.4 Å². The standard InChI is InChI=1S/C35H30FN3O5S/c1-35(2)31-22-8-6-7-9-26(22)38-32(31)25-16-20(12-15-28(25)44-35)23-17-24-29(18-27(23)39(4)45(5,41)42)43-33(30(24)34(40)37-3)19-10-13-21(36)14-11-19/h6-18,38H,1-5H3,(H,37,40). The summed E-state index contributed by atoms with van der Waals surface area (Å²) in [5, 5.41) is 4.22. The van der Waals surface area contributed by atoms with Crippen LogP contribution in [0, 0.1) is 5.82 Å². The van der Waals surface area contributed by atoms with Crippen molar-refractivity contribution >= 4 is 43.5 Å². The van der Waals surface area contributed by atoms with E-state index < -0.39 is 27.3 Å². The number of nitrogens with one attached hydrogen (secondary N) is 2. The molecule has 1 aliphatic rings. The molecule has 4 aromatic carbocycles. The Hall–Kier alpha value is -5.09. The van der Waals surface area contributed by atoms with Crippen molar-refractivity contribution in [1.29, 1.82) is 0 Å². The minimum Gasteiger partial charge on any atom is -0.482 e. The van der Waals surface area contributed by atoms with Crippen molar-refractivity contribution in [3.63, 3.8) is 0 Å². The van der Waals surface area contributed by atoms with Gasteiger partial charge in [-0.3, -0.25) is 9.10 Å². The number of carbonyl (C=O) groups excluding carboxylic acids is 1. The highest BCUT2D eigenvalue weighted by atomic mass is 32.2. The van der Waals surface area contributed by atoms with Crippen molar-refractivity contribution < 1.29 is 26.8 Å². The van der Waals surface area contributed by atoms with Gasteiger partial charge in [-0.15, -0.1) is 0 Å². The Morgan fingerprint density at radius 2 is 1.64 bits per heavy atom. The molecule has 0 bridgehead atoms. The summed E-state index contributed by atoms with van der Waals surface area (Å²) < 4.78 is 53.4. The van der Waals surface area contributed by atoms with Crippen LogP contribution in [-0.2, 0) is 15.6 Å². The molecular weight excluding hydrogens is 593 g/mol. The van der Waals surface area contributed by atoms with Crippen molar-refractivity contribution in [2.24, 2.45) is 0 Å². The van der Waals surface area contributed by atoms with Crippen molar-refractivity contribution in [1.82, 2.24) is 10.3 Å². The first kappa shape index (κ1) is 28.7. The number of benzene rings is 4. The highest BCUT2D eigenvalue weighted by Crippen LogP contribution is 2.50. The third-order valence-corrected chi connectivity index (χ3v) is 9.63. The van der Waals surface area contributed by atoms with E-state index in [4.69, 9.17) is 9.15 Å². The number of amides is 1. The number of aromatic amines is 1. The fourth-order valence-corrected chi connectivity index (χ4v) is 6.74. The largest absolute Gasteiger partial charge is 0.482 e. The fraction of sp³-hybridized carbons (Fsp3) is 0.171. The van der Waals surface area contributed by atoms with Gasteiger partial charge < -0.3 is 19.5 Å². The zero-order chi connectivity index (χ0) is 31.8. The molecule has 1 amide bonds. The number of furan rings is 1. The van der Waals surface area contributed by atoms with Crippen LogP contribution < -0.4 is 14.4 Å². The molecular formula is C35H30FN3O5S. The quantitative estimate of drug-likeness (QED) is 0.208. The van der Waals surface area contributed by atoms with Crippen molar-refractivity contribution in [2.75, 3.05) is 24.7 Å². The number of nitrogens with zero attached hydrogens (tertiary/aromatic N) is 1. The molecule has 6 aromatic rings. The molecule has 2 N–H and O–H groups in total. The molecule has 0 radical (unpaired) electrons. The highest BCUT2D eigenvalue weighted by molar-refractivity contribution is 7.92. The maximum atomic E-state index is 13.8. The highest BCUT2D eigenvalue weighted by Gasteiger charge is 2.36. The second-order valence-electron chi connectivity index (χ2n) is 11.7. The van der Waals surface area contributed by atoms with Crippen LogP contribution in [0.3, 0.4) is 0 Å². The first-order chi connectivity index (χ1) is 21.4. The lowest BCUT2D eigenvalue weighted by Crippen LogP contribution is -2.28. The lowest BCUT2D eigenvalue weighted by Gasteiger charge is -2.33. The van der Waals surface area contributed by atoms with Crippen LogP contribution in [0.1, 0.15) is 29.8 Å². The number of halogens is 1. The van der Waals surface area contributed by atoms with Gasteiger partial charge in [0.25, 0.3) is 5.91 Å². The third-order valence-electron chi connectivity index (χ3n) is 8.44.